The highest BCUT2D eigenvalue weighted by atomic mass is 16.2. The molecule has 2 unspecified atom stereocenters. The Labute approximate surface area is 120 Å². The Hall–Kier alpha value is -1.84. The van der Waals surface area contributed by atoms with Crippen LogP contribution >= 0.6 is 0 Å². The molecule has 0 aliphatic carbocycles. The molecule has 0 saturated carbocycles. The summed E-state index contributed by atoms with van der Waals surface area (Å²) in [6, 6.07) is 5.12. The van der Waals surface area contributed by atoms with Crippen LogP contribution in [0.1, 0.15) is 37.8 Å². The van der Waals surface area contributed by atoms with Crippen molar-refractivity contribution in [2.45, 2.75) is 52.6 Å². The summed E-state index contributed by atoms with van der Waals surface area (Å²) in [6.45, 7) is 7.75. The number of hydrogen-bond acceptors (Lipinski definition) is 2. The molecule has 4 nitrogen and oxygen atoms in total. The first kappa shape index (κ1) is 14.6. The van der Waals surface area contributed by atoms with Gasteiger partial charge in [-0.05, 0) is 44.4 Å². The van der Waals surface area contributed by atoms with E-state index < -0.39 is 12.1 Å². The molecule has 2 amide bonds. The maximum Gasteiger partial charge on any atom is 0.250 e. The van der Waals surface area contributed by atoms with Gasteiger partial charge in [0.15, 0.2) is 0 Å². The fraction of sp³-hybridized carbons (Fsp3) is 0.500. The molecular formula is C16H22N2O2. The average molecular weight is 274 g/mol. The summed E-state index contributed by atoms with van der Waals surface area (Å²) in [4.78, 5) is 26.4. The number of nitrogens with one attached hydrogen (secondary N) is 1. The average Bonchev–Trinajstić information content (AvgIpc) is 2.40. The van der Waals surface area contributed by atoms with E-state index in [0.717, 1.165) is 23.2 Å². The molecule has 0 radical (unpaired) electrons. The van der Waals surface area contributed by atoms with E-state index in [9.17, 15) is 9.59 Å². The van der Waals surface area contributed by atoms with Crippen molar-refractivity contribution in [3.8, 4) is 0 Å². The largest absolute Gasteiger partial charge is 0.342 e. The van der Waals surface area contributed by atoms with Gasteiger partial charge in [-0.2, -0.15) is 0 Å². The standard InChI is InChI=1S/C16H22N2O2/c1-5-6-13-16(20)18(12(4)15(19)17-13)14-9-10(2)7-8-11(14)3/h7-9,12-13H,5-6H2,1-4H3,(H,17,19). The molecule has 2 rings (SSSR count). The highest BCUT2D eigenvalue weighted by molar-refractivity contribution is 6.08. The van der Waals surface area contributed by atoms with E-state index in [4.69, 9.17) is 0 Å². The molecule has 0 spiro atoms. The maximum atomic E-state index is 12.6. The van der Waals surface area contributed by atoms with Gasteiger partial charge in [0.1, 0.15) is 12.1 Å². The van der Waals surface area contributed by atoms with Gasteiger partial charge < -0.3 is 5.32 Å². The molecule has 108 valence electrons. The van der Waals surface area contributed by atoms with Crippen LogP contribution in [0.3, 0.4) is 0 Å². The first-order chi connectivity index (χ1) is 9.45. The summed E-state index contributed by atoms with van der Waals surface area (Å²) in [7, 11) is 0. The minimum atomic E-state index is -0.462. The Balaban J connectivity index is 2.43. The summed E-state index contributed by atoms with van der Waals surface area (Å²) < 4.78 is 0. The van der Waals surface area contributed by atoms with E-state index in [0.29, 0.717) is 6.42 Å². The summed E-state index contributed by atoms with van der Waals surface area (Å²) in [5.74, 6) is -0.0865. The van der Waals surface area contributed by atoms with Crippen molar-refractivity contribution in [1.82, 2.24) is 5.32 Å². The zero-order chi connectivity index (χ0) is 14.9. The fourth-order valence-corrected chi connectivity index (χ4v) is 2.62. The molecule has 1 heterocycles. The highest BCUT2D eigenvalue weighted by Gasteiger charge is 2.38. The van der Waals surface area contributed by atoms with Crippen LogP contribution in [-0.4, -0.2) is 23.9 Å². The minimum Gasteiger partial charge on any atom is -0.342 e. The predicted octanol–water partition coefficient (Wildman–Crippen LogP) is 2.32. The molecule has 1 saturated heterocycles. The monoisotopic (exact) mass is 274 g/mol. The maximum absolute atomic E-state index is 12.6. The number of piperazine rings is 1. The van der Waals surface area contributed by atoms with Crippen molar-refractivity contribution in [2.75, 3.05) is 4.90 Å². The van der Waals surface area contributed by atoms with Crippen LogP contribution in [0.5, 0.6) is 0 Å². The lowest BCUT2D eigenvalue weighted by Gasteiger charge is -2.38. The van der Waals surface area contributed by atoms with Gasteiger partial charge in [-0.1, -0.05) is 25.5 Å². The van der Waals surface area contributed by atoms with Crippen molar-refractivity contribution in [3.63, 3.8) is 0 Å². The lowest BCUT2D eigenvalue weighted by atomic mass is 10.0. The molecule has 1 aromatic carbocycles. The second-order valence-corrected chi connectivity index (χ2v) is 5.52. The number of carbonyl (C=O) groups is 2. The molecule has 20 heavy (non-hydrogen) atoms. The predicted molar refractivity (Wildman–Crippen MR) is 79.7 cm³/mol. The van der Waals surface area contributed by atoms with Crippen molar-refractivity contribution >= 4 is 17.5 Å². The van der Waals surface area contributed by atoms with Crippen LogP contribution in [0.4, 0.5) is 5.69 Å². The fourth-order valence-electron chi connectivity index (χ4n) is 2.62. The van der Waals surface area contributed by atoms with E-state index in [-0.39, 0.29) is 11.8 Å². The molecular weight excluding hydrogens is 252 g/mol. The Kier molecular flexibility index (Phi) is 4.12. The third-order valence-electron chi connectivity index (χ3n) is 3.82. The first-order valence-corrected chi connectivity index (χ1v) is 7.16. The summed E-state index contributed by atoms with van der Waals surface area (Å²) in [6.07, 6.45) is 1.55. The van der Waals surface area contributed by atoms with Gasteiger partial charge in [-0.25, -0.2) is 0 Å². The molecule has 2 atom stereocenters. The number of anilines is 1. The SMILES string of the molecule is CCCC1NC(=O)C(C)N(c2cc(C)ccc2C)C1=O. The zero-order valence-electron chi connectivity index (χ0n) is 12.6. The van der Waals surface area contributed by atoms with Gasteiger partial charge >= 0.3 is 0 Å². The van der Waals surface area contributed by atoms with Gasteiger partial charge in [0.2, 0.25) is 11.8 Å². The Morgan fingerprint density at radius 2 is 1.95 bits per heavy atom. The minimum absolute atomic E-state index is 0.00681. The number of amides is 2. The second kappa shape index (κ2) is 5.65. The van der Waals surface area contributed by atoms with Crippen molar-refractivity contribution < 1.29 is 9.59 Å². The van der Waals surface area contributed by atoms with E-state index in [1.807, 2.05) is 39.0 Å². The number of nitrogens with zero attached hydrogens (tertiary/aromatic N) is 1. The van der Waals surface area contributed by atoms with E-state index in [1.165, 1.54) is 0 Å². The Bertz CT molecular complexity index is 539. The third-order valence-corrected chi connectivity index (χ3v) is 3.82. The smallest absolute Gasteiger partial charge is 0.250 e. The Morgan fingerprint density at radius 3 is 2.60 bits per heavy atom. The molecule has 1 fully saturated rings. The number of benzene rings is 1. The van der Waals surface area contributed by atoms with Crippen molar-refractivity contribution in [1.29, 1.82) is 0 Å². The van der Waals surface area contributed by atoms with Gasteiger partial charge in [0.05, 0.1) is 0 Å². The number of rotatable bonds is 3. The Morgan fingerprint density at radius 1 is 1.25 bits per heavy atom. The van der Waals surface area contributed by atoms with Gasteiger partial charge in [-0.15, -0.1) is 0 Å². The third kappa shape index (κ3) is 2.55. The van der Waals surface area contributed by atoms with E-state index >= 15 is 0 Å². The molecule has 4 heteroatoms. The zero-order valence-corrected chi connectivity index (χ0v) is 12.6. The lowest BCUT2D eigenvalue weighted by Crippen LogP contribution is -2.62. The van der Waals surface area contributed by atoms with Gasteiger partial charge in [0.25, 0.3) is 0 Å². The number of hydrogen-bond donors (Lipinski definition) is 1. The second-order valence-electron chi connectivity index (χ2n) is 5.52. The summed E-state index contributed by atoms with van der Waals surface area (Å²) in [5, 5.41) is 2.82. The van der Waals surface area contributed by atoms with Crippen LogP contribution in [0, 0.1) is 13.8 Å². The molecule has 0 aromatic heterocycles. The lowest BCUT2D eigenvalue weighted by molar-refractivity contribution is -0.133. The van der Waals surface area contributed by atoms with Crippen LogP contribution in [0.15, 0.2) is 18.2 Å². The van der Waals surface area contributed by atoms with Crippen LogP contribution in [-0.2, 0) is 9.59 Å². The quantitative estimate of drug-likeness (QED) is 0.919. The van der Waals surface area contributed by atoms with Gasteiger partial charge in [0, 0.05) is 5.69 Å². The van der Waals surface area contributed by atoms with Gasteiger partial charge in [-0.3, -0.25) is 14.5 Å². The van der Waals surface area contributed by atoms with Crippen LogP contribution in [0.25, 0.3) is 0 Å². The number of aryl methyl sites for hydroxylation is 2. The first-order valence-electron chi connectivity index (χ1n) is 7.16. The number of carbonyl (C=O) groups excluding carboxylic acids is 2. The van der Waals surface area contributed by atoms with E-state index in [2.05, 4.69) is 5.32 Å². The highest BCUT2D eigenvalue weighted by Crippen LogP contribution is 2.27. The summed E-state index contributed by atoms with van der Waals surface area (Å²) >= 11 is 0. The molecule has 1 aromatic rings. The van der Waals surface area contributed by atoms with Crippen molar-refractivity contribution in [2.24, 2.45) is 0 Å². The van der Waals surface area contributed by atoms with Crippen LogP contribution < -0.4 is 10.2 Å². The molecule has 1 N–H and O–H groups in total. The van der Waals surface area contributed by atoms with Crippen LogP contribution in [0.2, 0.25) is 0 Å². The normalized spacial score (nSPS) is 22.9. The summed E-state index contributed by atoms with van der Waals surface area (Å²) in [5.41, 5.74) is 2.95. The molecule has 1 aliphatic heterocycles. The molecule has 1 aliphatic rings. The topological polar surface area (TPSA) is 49.4 Å². The van der Waals surface area contributed by atoms with Crippen molar-refractivity contribution in [3.05, 3.63) is 29.3 Å². The van der Waals surface area contributed by atoms with E-state index in [1.54, 1.807) is 11.8 Å². The molecule has 0 bridgehead atoms.